The summed E-state index contributed by atoms with van der Waals surface area (Å²) in [5.41, 5.74) is 18.5. The van der Waals surface area contributed by atoms with Crippen molar-refractivity contribution in [2.45, 2.75) is 12.8 Å². The molecular weight excluding hydrogens is 452 g/mol. The van der Waals surface area contributed by atoms with Gasteiger partial charge >= 0.3 is 0 Å². The number of thiophene rings is 1. The monoisotopic (exact) mass is 482 g/mol. The van der Waals surface area contributed by atoms with Crippen LogP contribution in [-0.2, 0) is 12.8 Å². The van der Waals surface area contributed by atoms with Crippen LogP contribution < -0.4 is 20.9 Å². The van der Waals surface area contributed by atoms with Gasteiger partial charge < -0.3 is 20.9 Å². The molecule has 0 radical (unpaired) electrons. The minimum absolute atomic E-state index is 0.624. The van der Waals surface area contributed by atoms with E-state index < -0.39 is 0 Å². The van der Waals surface area contributed by atoms with E-state index in [4.69, 9.17) is 20.9 Å². The summed E-state index contributed by atoms with van der Waals surface area (Å²) in [7, 11) is 3.44. The highest BCUT2D eigenvalue weighted by Gasteiger charge is 2.13. The molecule has 0 saturated heterocycles. The second-order valence-corrected chi connectivity index (χ2v) is 9.75. The van der Waals surface area contributed by atoms with E-state index in [1.165, 1.54) is 31.3 Å². The molecule has 1 aromatic heterocycles. The van der Waals surface area contributed by atoms with Crippen LogP contribution in [-0.4, -0.2) is 27.3 Å². The van der Waals surface area contributed by atoms with Crippen molar-refractivity contribution >= 4 is 31.5 Å². The summed E-state index contributed by atoms with van der Waals surface area (Å²) in [6.45, 7) is 1.25. The number of hydrogen-bond donors (Lipinski definition) is 2. The quantitative estimate of drug-likeness (QED) is 0.268. The Bertz CT molecular complexity index is 1390. The Labute approximate surface area is 210 Å². The van der Waals surface area contributed by atoms with Crippen molar-refractivity contribution in [3.63, 3.8) is 0 Å². The zero-order chi connectivity index (χ0) is 24.4. The van der Waals surface area contributed by atoms with Gasteiger partial charge in [0.2, 0.25) is 0 Å². The van der Waals surface area contributed by atoms with Gasteiger partial charge in [-0.2, -0.15) is 0 Å². The molecule has 5 rings (SSSR count). The van der Waals surface area contributed by atoms with Gasteiger partial charge in [0.1, 0.15) is 11.5 Å². The molecule has 5 heteroatoms. The molecule has 0 spiro atoms. The number of rotatable bonds is 8. The van der Waals surface area contributed by atoms with Gasteiger partial charge in [-0.25, -0.2) is 0 Å². The maximum absolute atomic E-state index is 5.81. The van der Waals surface area contributed by atoms with Crippen LogP contribution in [0.25, 0.3) is 42.4 Å². The first-order chi connectivity index (χ1) is 17.1. The van der Waals surface area contributed by atoms with Gasteiger partial charge in [-0.15, -0.1) is 11.3 Å². The summed E-state index contributed by atoms with van der Waals surface area (Å²) in [6, 6.07) is 26.0. The molecule has 35 heavy (non-hydrogen) atoms. The third-order valence-electron chi connectivity index (χ3n) is 6.49. The summed E-state index contributed by atoms with van der Waals surface area (Å²) in [5.74, 6) is 1.73. The van der Waals surface area contributed by atoms with Gasteiger partial charge in [0.25, 0.3) is 0 Å². The molecule has 0 unspecified atom stereocenters. The van der Waals surface area contributed by atoms with E-state index in [-0.39, 0.29) is 0 Å². The number of nitrogens with two attached hydrogens (primary N) is 2. The van der Waals surface area contributed by atoms with Gasteiger partial charge in [-0.3, -0.25) is 0 Å². The zero-order valence-electron chi connectivity index (χ0n) is 20.1. The van der Waals surface area contributed by atoms with Crippen molar-refractivity contribution in [2.75, 3.05) is 27.3 Å². The van der Waals surface area contributed by atoms with Crippen molar-refractivity contribution in [1.29, 1.82) is 0 Å². The van der Waals surface area contributed by atoms with Crippen LogP contribution in [0.5, 0.6) is 11.5 Å². The fourth-order valence-electron chi connectivity index (χ4n) is 4.72. The largest absolute Gasteiger partial charge is 0.496 e. The molecule has 4 aromatic carbocycles. The van der Waals surface area contributed by atoms with Crippen LogP contribution in [0.4, 0.5) is 0 Å². The first-order valence-electron chi connectivity index (χ1n) is 11.9. The molecule has 1 heterocycles. The molecular formula is C30H30N2O2S. The normalized spacial score (nSPS) is 11.3. The summed E-state index contributed by atoms with van der Waals surface area (Å²) in [4.78, 5) is 0. The van der Waals surface area contributed by atoms with E-state index in [0.29, 0.717) is 13.1 Å². The van der Waals surface area contributed by atoms with Crippen molar-refractivity contribution in [3.8, 4) is 33.8 Å². The molecule has 0 bridgehead atoms. The number of methoxy groups -OCH3 is 2. The standard InChI is InChI=1S/C30H30N2O2S/c1-33-27-7-3-19(11-13-31)15-23(27)21-5-9-29-25(17-21)26-18-22(6-10-30(26)35-29)24-16-20(12-14-32)4-8-28(24)34-2/h3-10,15-18H,11-14,31-32H2,1-2H3. The van der Waals surface area contributed by atoms with E-state index in [0.717, 1.165) is 46.6 Å². The Morgan fingerprint density at radius 2 is 1.06 bits per heavy atom. The van der Waals surface area contributed by atoms with Crippen LogP contribution in [0.3, 0.4) is 0 Å². The molecule has 0 aliphatic rings. The van der Waals surface area contributed by atoms with Gasteiger partial charge in [0, 0.05) is 31.3 Å². The van der Waals surface area contributed by atoms with Crippen molar-refractivity contribution < 1.29 is 9.47 Å². The second kappa shape index (κ2) is 10.1. The summed E-state index contributed by atoms with van der Waals surface area (Å²) >= 11 is 1.82. The maximum Gasteiger partial charge on any atom is 0.126 e. The number of benzene rings is 4. The Morgan fingerprint density at radius 1 is 0.600 bits per heavy atom. The molecule has 4 N–H and O–H groups in total. The lowest BCUT2D eigenvalue weighted by molar-refractivity contribution is 0.416. The Morgan fingerprint density at radius 3 is 1.46 bits per heavy atom. The highest BCUT2D eigenvalue weighted by molar-refractivity contribution is 7.25. The minimum atomic E-state index is 0.624. The molecule has 5 aromatic rings. The first kappa shape index (κ1) is 23.4. The minimum Gasteiger partial charge on any atom is -0.496 e. The lowest BCUT2D eigenvalue weighted by atomic mass is 9.97. The number of hydrogen-bond acceptors (Lipinski definition) is 5. The van der Waals surface area contributed by atoms with Crippen molar-refractivity contribution in [3.05, 3.63) is 83.9 Å². The zero-order valence-corrected chi connectivity index (χ0v) is 21.0. The van der Waals surface area contributed by atoms with Crippen molar-refractivity contribution in [2.24, 2.45) is 11.5 Å². The van der Waals surface area contributed by atoms with Gasteiger partial charge in [0.05, 0.1) is 14.2 Å². The Balaban J connectivity index is 1.66. The van der Waals surface area contributed by atoms with Crippen LogP contribution in [0.1, 0.15) is 11.1 Å². The smallest absolute Gasteiger partial charge is 0.126 e. The molecule has 0 aliphatic heterocycles. The van der Waals surface area contributed by atoms with Gasteiger partial charge in [-0.1, -0.05) is 24.3 Å². The van der Waals surface area contributed by atoms with E-state index in [9.17, 15) is 0 Å². The van der Waals surface area contributed by atoms with Crippen LogP contribution >= 0.6 is 11.3 Å². The lowest BCUT2D eigenvalue weighted by Crippen LogP contribution is -2.03. The maximum atomic E-state index is 5.81. The summed E-state index contributed by atoms with van der Waals surface area (Å²) in [6.07, 6.45) is 1.68. The average molecular weight is 483 g/mol. The molecule has 4 nitrogen and oxygen atoms in total. The molecule has 0 fully saturated rings. The van der Waals surface area contributed by atoms with Crippen LogP contribution in [0, 0.1) is 0 Å². The van der Waals surface area contributed by atoms with E-state index >= 15 is 0 Å². The van der Waals surface area contributed by atoms with Gasteiger partial charge in [-0.05, 0) is 96.7 Å². The number of fused-ring (bicyclic) bond motifs is 3. The summed E-state index contributed by atoms with van der Waals surface area (Å²) < 4.78 is 13.9. The van der Waals surface area contributed by atoms with E-state index in [1.54, 1.807) is 14.2 Å². The predicted molar refractivity (Wildman–Crippen MR) is 149 cm³/mol. The predicted octanol–water partition coefficient (Wildman–Crippen LogP) is 6.41. The van der Waals surface area contributed by atoms with Crippen LogP contribution in [0.15, 0.2) is 72.8 Å². The fraction of sp³-hybridized carbons (Fsp3) is 0.200. The summed E-state index contributed by atoms with van der Waals surface area (Å²) in [5, 5.41) is 2.49. The average Bonchev–Trinajstić information content (AvgIpc) is 3.26. The molecule has 0 atom stereocenters. The molecule has 0 amide bonds. The van der Waals surface area contributed by atoms with Gasteiger partial charge in [0.15, 0.2) is 0 Å². The molecule has 0 saturated carbocycles. The molecule has 178 valence electrons. The molecule has 0 aliphatic carbocycles. The highest BCUT2D eigenvalue weighted by Crippen LogP contribution is 2.41. The second-order valence-electron chi connectivity index (χ2n) is 8.67. The van der Waals surface area contributed by atoms with E-state index in [2.05, 4.69) is 60.7 Å². The SMILES string of the molecule is COc1ccc(CCN)cc1-c1ccc2sc3ccc(-c4cc(CCN)ccc4OC)cc3c2c1. The lowest BCUT2D eigenvalue weighted by Gasteiger charge is -2.12. The van der Waals surface area contributed by atoms with Crippen LogP contribution in [0.2, 0.25) is 0 Å². The van der Waals surface area contributed by atoms with E-state index in [1.807, 2.05) is 23.5 Å². The third kappa shape index (κ3) is 4.50. The fourth-order valence-corrected chi connectivity index (χ4v) is 5.79. The topological polar surface area (TPSA) is 70.5 Å². The number of ether oxygens (including phenoxy) is 2. The first-order valence-corrected chi connectivity index (χ1v) is 12.7. The Hall–Kier alpha value is -3.38. The Kier molecular flexibility index (Phi) is 6.73. The third-order valence-corrected chi connectivity index (χ3v) is 7.64. The highest BCUT2D eigenvalue weighted by atomic mass is 32.1. The van der Waals surface area contributed by atoms with Crippen molar-refractivity contribution in [1.82, 2.24) is 0 Å².